The molecular formula is C42H66O7. The minimum absolute atomic E-state index is 0.0196. The molecule has 8 heterocycles. The van der Waals surface area contributed by atoms with Crippen LogP contribution in [-0.2, 0) is 33.2 Å². The van der Waals surface area contributed by atoms with Crippen molar-refractivity contribution in [1.29, 1.82) is 0 Å². The van der Waals surface area contributed by atoms with Gasteiger partial charge in [-0.2, -0.15) is 0 Å². The molecule has 0 radical (unpaired) electrons. The molecule has 0 N–H and O–H groups in total. The number of hydrogen-bond acceptors (Lipinski definition) is 7. The molecule has 8 aliphatic rings. The Morgan fingerprint density at radius 1 is 0.816 bits per heavy atom. The Balaban J connectivity index is 0.908. The highest BCUT2D eigenvalue weighted by Crippen LogP contribution is 2.54. The maximum atomic E-state index is 6.90. The molecule has 0 spiro atoms. The minimum Gasteiger partial charge on any atom is -0.374 e. The summed E-state index contributed by atoms with van der Waals surface area (Å²) in [4.78, 5) is 0. The average molecular weight is 683 g/mol. The quantitative estimate of drug-likeness (QED) is 0.170. The van der Waals surface area contributed by atoms with Gasteiger partial charge in [-0.1, -0.05) is 73.6 Å². The Kier molecular flexibility index (Phi) is 10.9. The van der Waals surface area contributed by atoms with Gasteiger partial charge >= 0.3 is 0 Å². The molecule has 49 heavy (non-hydrogen) atoms. The molecular weight excluding hydrogens is 616 g/mol. The molecule has 8 fully saturated rings. The number of rotatable bonds is 14. The van der Waals surface area contributed by atoms with Gasteiger partial charge < -0.3 is 33.2 Å². The normalized spacial score (nSPS) is 49.5. The average Bonchev–Trinajstić information content (AvgIpc) is 3.74. The summed E-state index contributed by atoms with van der Waals surface area (Å²) < 4.78 is 46.9. The summed E-state index contributed by atoms with van der Waals surface area (Å²) in [5, 5.41) is 0. The Morgan fingerprint density at radius 3 is 2.33 bits per heavy atom. The lowest BCUT2D eigenvalue weighted by Crippen LogP contribution is -2.54. The van der Waals surface area contributed by atoms with E-state index in [4.69, 9.17) is 33.2 Å². The van der Waals surface area contributed by atoms with Crippen LogP contribution in [0.1, 0.15) is 119 Å². The minimum atomic E-state index is -0.623. The van der Waals surface area contributed by atoms with Gasteiger partial charge in [0.15, 0.2) is 5.79 Å². The van der Waals surface area contributed by atoms with Crippen molar-refractivity contribution < 1.29 is 33.2 Å². The molecule has 8 aliphatic heterocycles. The first kappa shape index (κ1) is 36.3. The van der Waals surface area contributed by atoms with Crippen molar-refractivity contribution in [3.63, 3.8) is 0 Å². The Bertz CT molecular complexity index is 1200. The van der Waals surface area contributed by atoms with Crippen molar-refractivity contribution in [3.05, 3.63) is 37.0 Å². The largest absolute Gasteiger partial charge is 0.374 e. The zero-order valence-corrected chi connectivity index (χ0v) is 31.4. The van der Waals surface area contributed by atoms with Crippen LogP contribution in [0.25, 0.3) is 0 Å². The summed E-state index contributed by atoms with van der Waals surface area (Å²) in [5.74, 6) is 1.92. The van der Waals surface area contributed by atoms with Gasteiger partial charge in [-0.25, -0.2) is 0 Å². The monoisotopic (exact) mass is 682 g/mol. The van der Waals surface area contributed by atoms with Crippen LogP contribution in [0.15, 0.2) is 37.0 Å². The van der Waals surface area contributed by atoms with Crippen molar-refractivity contribution >= 4 is 0 Å². The molecule has 8 rings (SSSR count). The first-order valence-corrected chi connectivity index (χ1v) is 20.1. The third-order valence-corrected chi connectivity index (χ3v) is 14.0. The maximum absolute atomic E-state index is 6.90. The molecule has 4 unspecified atom stereocenters. The van der Waals surface area contributed by atoms with Crippen LogP contribution in [0.3, 0.4) is 0 Å². The lowest BCUT2D eigenvalue weighted by atomic mass is 9.80. The topological polar surface area (TPSA) is 64.6 Å². The molecule has 0 aliphatic carbocycles. The molecule has 6 bridgehead atoms. The molecule has 7 nitrogen and oxygen atoms in total. The van der Waals surface area contributed by atoms with Crippen LogP contribution in [-0.4, -0.2) is 79.0 Å². The van der Waals surface area contributed by atoms with Gasteiger partial charge in [0, 0.05) is 25.2 Å². The SMILES string of the molecule is C=CC[C@@H]1O[C@H]2[C@H]3O[C@]4(CCC5CC(=C)[C@H](CCC6C[C@@H](C)C(=C)[C@@H](CC7O[C@H](C[C@H](C)CC)[C@H](C)[C@H]7CC)O6)O5)C[C@H]3O[C@H]2[C@@H](O4)C1C. The van der Waals surface area contributed by atoms with Crippen LogP contribution in [0.5, 0.6) is 0 Å². The maximum Gasteiger partial charge on any atom is 0.172 e. The third-order valence-electron chi connectivity index (χ3n) is 14.0. The summed E-state index contributed by atoms with van der Waals surface area (Å²) in [7, 11) is 0. The van der Waals surface area contributed by atoms with E-state index in [2.05, 4.69) is 61.3 Å². The van der Waals surface area contributed by atoms with Gasteiger partial charge in [0.25, 0.3) is 0 Å². The van der Waals surface area contributed by atoms with Crippen LogP contribution >= 0.6 is 0 Å². The summed E-state index contributed by atoms with van der Waals surface area (Å²) in [6.45, 7) is 26.9. The second-order valence-corrected chi connectivity index (χ2v) is 17.3. The van der Waals surface area contributed by atoms with E-state index in [9.17, 15) is 0 Å². The fourth-order valence-electron chi connectivity index (χ4n) is 10.6. The molecule has 276 valence electrons. The van der Waals surface area contributed by atoms with Crippen LogP contribution in [0.2, 0.25) is 0 Å². The smallest absolute Gasteiger partial charge is 0.172 e. The fourth-order valence-corrected chi connectivity index (χ4v) is 10.6. The second-order valence-electron chi connectivity index (χ2n) is 17.3. The van der Waals surface area contributed by atoms with Crippen molar-refractivity contribution in [1.82, 2.24) is 0 Å². The highest BCUT2D eigenvalue weighted by Gasteiger charge is 2.67. The van der Waals surface area contributed by atoms with Gasteiger partial charge in [-0.15, -0.1) is 6.58 Å². The van der Waals surface area contributed by atoms with E-state index < -0.39 is 5.79 Å². The van der Waals surface area contributed by atoms with E-state index in [1.807, 2.05) is 6.08 Å². The van der Waals surface area contributed by atoms with Gasteiger partial charge in [0.05, 0.1) is 54.9 Å². The van der Waals surface area contributed by atoms with Crippen LogP contribution in [0, 0.1) is 29.6 Å². The lowest BCUT2D eigenvalue weighted by molar-refractivity contribution is -0.262. The Morgan fingerprint density at radius 2 is 1.57 bits per heavy atom. The van der Waals surface area contributed by atoms with Crippen molar-refractivity contribution in [2.75, 3.05) is 0 Å². The van der Waals surface area contributed by atoms with Gasteiger partial charge in [0.2, 0.25) is 0 Å². The standard InChI is InChI=1S/C42H66O7/c1-10-13-33-28(9)38-40-41(46-33)39-37(47-40)22-42(48-38,49-39)17-16-30-20-25(6)32(43-30)15-14-29-19-24(5)26(7)35(44-29)21-36-31(12-3)27(8)34(45-36)18-23(4)11-2/h10,23-24,27-41H,1,6-7,11-22H2,2-5,8-9H3/t23-,24-,27-,28?,29?,30?,31-,32+,33+,34-,35-,36?,37-,38+,39+,40+,41+,42-/m1/s1. The summed E-state index contributed by atoms with van der Waals surface area (Å²) in [6.07, 6.45) is 14.6. The molecule has 18 atom stereocenters. The van der Waals surface area contributed by atoms with Gasteiger partial charge in [-0.05, 0) is 79.8 Å². The molecule has 0 aromatic rings. The highest BCUT2D eigenvalue weighted by molar-refractivity contribution is 5.14. The van der Waals surface area contributed by atoms with E-state index in [-0.39, 0.29) is 73.1 Å². The molecule has 7 heteroatoms. The van der Waals surface area contributed by atoms with E-state index >= 15 is 0 Å². The molecule has 0 aromatic carbocycles. The second kappa shape index (κ2) is 14.8. The summed E-state index contributed by atoms with van der Waals surface area (Å²) >= 11 is 0. The van der Waals surface area contributed by atoms with Gasteiger partial charge in [-0.3, -0.25) is 0 Å². The highest BCUT2D eigenvalue weighted by atomic mass is 16.8. The molecule has 0 saturated carbocycles. The van der Waals surface area contributed by atoms with E-state index in [1.54, 1.807) is 0 Å². The fraction of sp³-hybridized carbons (Fsp3) is 0.857. The Hall–Kier alpha value is -1.06. The Labute approximate surface area is 296 Å². The van der Waals surface area contributed by atoms with E-state index in [0.717, 1.165) is 70.6 Å². The predicted molar refractivity (Wildman–Crippen MR) is 191 cm³/mol. The summed E-state index contributed by atoms with van der Waals surface area (Å²) in [6, 6.07) is 0. The van der Waals surface area contributed by atoms with E-state index in [0.29, 0.717) is 29.8 Å². The molecule has 0 aromatic heterocycles. The number of hydrogen-bond donors (Lipinski definition) is 0. The first-order chi connectivity index (χ1) is 23.5. The molecule has 8 saturated heterocycles. The third kappa shape index (κ3) is 7.05. The lowest BCUT2D eigenvalue weighted by Gasteiger charge is -2.42. The predicted octanol–water partition coefficient (Wildman–Crippen LogP) is 8.50. The summed E-state index contributed by atoms with van der Waals surface area (Å²) in [5.41, 5.74) is 2.45. The van der Waals surface area contributed by atoms with Crippen molar-refractivity contribution in [2.24, 2.45) is 29.6 Å². The van der Waals surface area contributed by atoms with Crippen molar-refractivity contribution in [3.8, 4) is 0 Å². The van der Waals surface area contributed by atoms with Crippen molar-refractivity contribution in [2.45, 2.75) is 198 Å². The zero-order chi connectivity index (χ0) is 34.6. The van der Waals surface area contributed by atoms with Gasteiger partial charge in [0.1, 0.15) is 18.3 Å². The van der Waals surface area contributed by atoms with E-state index in [1.165, 1.54) is 17.6 Å². The molecule has 0 amide bonds. The van der Waals surface area contributed by atoms with Crippen LogP contribution < -0.4 is 0 Å². The zero-order valence-electron chi connectivity index (χ0n) is 31.4. The van der Waals surface area contributed by atoms with Crippen LogP contribution in [0.4, 0.5) is 0 Å². The number of ether oxygens (including phenoxy) is 7. The first-order valence-electron chi connectivity index (χ1n) is 20.1.